The summed E-state index contributed by atoms with van der Waals surface area (Å²) in [6.45, 7) is 5.61. The highest BCUT2D eigenvalue weighted by Crippen LogP contribution is 2.41. The second kappa shape index (κ2) is 16.7. The van der Waals surface area contributed by atoms with Crippen molar-refractivity contribution in [1.82, 2.24) is 45.1 Å². The first-order valence-corrected chi connectivity index (χ1v) is 17.6. The predicted molar refractivity (Wildman–Crippen MR) is 175 cm³/mol. The van der Waals surface area contributed by atoms with Crippen LogP contribution >= 0.6 is 35.1 Å². The number of fused-ring (bicyclic) bond motifs is 1. The van der Waals surface area contributed by atoms with Crippen molar-refractivity contribution in [3.05, 3.63) is 17.1 Å². The van der Waals surface area contributed by atoms with Gasteiger partial charge in [0, 0.05) is 36.1 Å². The number of unbranched alkanes of at least 4 members (excludes halogenated alkanes) is 3. The van der Waals surface area contributed by atoms with E-state index in [9.17, 15) is 29.1 Å². The van der Waals surface area contributed by atoms with Crippen LogP contribution in [0, 0.1) is 0 Å². The van der Waals surface area contributed by atoms with Crippen molar-refractivity contribution in [3.63, 3.8) is 0 Å². The minimum atomic E-state index is -1.34. The fraction of sp³-hybridized carbons (Fsp3) is 0.577. The van der Waals surface area contributed by atoms with E-state index in [4.69, 9.17) is 15.6 Å². The Bertz CT molecular complexity index is 1620. The van der Waals surface area contributed by atoms with Crippen LogP contribution in [0.25, 0.3) is 0 Å². The van der Waals surface area contributed by atoms with Crippen LogP contribution in [0.1, 0.15) is 52.3 Å². The Morgan fingerprint density at radius 1 is 1.16 bits per heavy atom. The Morgan fingerprint density at radius 2 is 1.92 bits per heavy atom. The molecule has 20 nitrogen and oxygen atoms in total. The van der Waals surface area contributed by atoms with Gasteiger partial charge in [0.05, 0.1) is 0 Å². The molecular weight excluding hydrogens is 707 g/mol. The van der Waals surface area contributed by atoms with Crippen LogP contribution in [0.3, 0.4) is 0 Å². The van der Waals surface area contributed by atoms with Crippen LogP contribution in [0.2, 0.25) is 0 Å². The number of carboxylic acid groups (broad SMARTS) is 2. The molecular formula is C26H35N11O9S3. The number of amides is 3. The lowest BCUT2D eigenvalue weighted by molar-refractivity contribution is -0.150. The van der Waals surface area contributed by atoms with Gasteiger partial charge >= 0.3 is 18.0 Å². The molecule has 6 N–H and O–H groups in total. The Labute approximate surface area is 291 Å². The van der Waals surface area contributed by atoms with Gasteiger partial charge in [-0.3, -0.25) is 14.5 Å². The number of tetrazole rings is 1. The van der Waals surface area contributed by atoms with Gasteiger partial charge in [-0.1, -0.05) is 29.8 Å². The number of carbonyl (C=O) groups excluding carboxylic acids is 3. The van der Waals surface area contributed by atoms with E-state index in [0.717, 1.165) is 42.1 Å². The lowest BCUT2D eigenvalue weighted by Crippen LogP contribution is -2.71. The highest BCUT2D eigenvalue weighted by atomic mass is 32.2. The number of aromatic nitrogens is 6. The molecule has 0 saturated carbocycles. The number of oxime groups is 1. The molecule has 0 spiro atoms. The lowest BCUT2D eigenvalue weighted by Gasteiger charge is -2.49. The summed E-state index contributed by atoms with van der Waals surface area (Å²) in [5, 5.41) is 39.2. The first kappa shape index (κ1) is 37.3. The van der Waals surface area contributed by atoms with E-state index in [-0.39, 0.29) is 28.2 Å². The number of nitrogens with zero attached hydrogens (tertiary/aromatic N) is 8. The number of carboxylic acids is 2. The topological polar surface area (TPSA) is 279 Å². The normalized spacial score (nSPS) is 17.7. The van der Waals surface area contributed by atoms with E-state index in [1.165, 1.54) is 23.5 Å². The molecule has 2 atom stereocenters. The van der Waals surface area contributed by atoms with Crippen LogP contribution in [-0.4, -0.2) is 122 Å². The number of aliphatic carboxylic acids is 2. The van der Waals surface area contributed by atoms with Gasteiger partial charge in [-0.2, -0.15) is 9.36 Å². The fourth-order valence-electron chi connectivity index (χ4n) is 4.51. The molecule has 0 aromatic carbocycles. The van der Waals surface area contributed by atoms with Gasteiger partial charge in [-0.05, 0) is 49.6 Å². The first-order valence-electron chi connectivity index (χ1n) is 14.8. The number of thioether (sulfide) groups is 2. The van der Waals surface area contributed by atoms with Gasteiger partial charge in [0.1, 0.15) is 22.7 Å². The zero-order valence-corrected chi connectivity index (χ0v) is 29.1. The molecule has 266 valence electrons. The smallest absolute Gasteiger partial charge is 0.407 e. The van der Waals surface area contributed by atoms with Gasteiger partial charge in [0.15, 0.2) is 5.13 Å². The standard InChI is InChI=1S/C26H35N11O9S3/c1-26(2,3)46-25(44)28-8-6-4-5-7-9-36-24(31-34-35-36)48-12-13-11-47-21-16(20(41)37(21)17(13)22(42)43)29-19(40)15(32-45-10-14(38)39)18-30-23(27)49-33-18/h16,21H,4-12H2,1-3H3,(H,28,44)(H,29,40)(H,38,39)(H,42,43)(H2,27,30,33)/b32-15+. The van der Waals surface area contributed by atoms with Crippen LogP contribution < -0.4 is 16.4 Å². The van der Waals surface area contributed by atoms with Crippen molar-refractivity contribution in [1.29, 1.82) is 0 Å². The molecule has 2 aromatic heterocycles. The average molecular weight is 742 g/mol. The number of carbonyl (C=O) groups is 5. The third kappa shape index (κ3) is 10.2. The SMILES string of the molecule is CC(C)(C)OC(=O)NCCCCCCn1nnnc1SCC1=C(C(=O)O)N2C(=O)C(NC(=O)/C(=N/OCC(=O)O)c3nsc(N)n3)C2SC1. The summed E-state index contributed by atoms with van der Waals surface area (Å²) in [4.78, 5) is 70.8. The van der Waals surface area contributed by atoms with Crippen LogP contribution in [0.15, 0.2) is 21.6 Å². The third-order valence-electron chi connectivity index (χ3n) is 6.59. The van der Waals surface area contributed by atoms with E-state index >= 15 is 0 Å². The molecule has 2 unspecified atom stereocenters. The van der Waals surface area contributed by atoms with Gasteiger partial charge in [0.2, 0.25) is 23.3 Å². The van der Waals surface area contributed by atoms with Crippen molar-refractivity contribution in [3.8, 4) is 0 Å². The Morgan fingerprint density at radius 3 is 2.59 bits per heavy atom. The van der Waals surface area contributed by atoms with Crippen molar-refractivity contribution in [2.75, 3.05) is 30.4 Å². The number of alkyl carbamates (subject to hydrolysis) is 1. The maximum Gasteiger partial charge on any atom is 0.407 e. The first-order chi connectivity index (χ1) is 23.2. The predicted octanol–water partition coefficient (Wildman–Crippen LogP) is 0.528. The number of nitrogens with two attached hydrogens (primary N) is 1. The van der Waals surface area contributed by atoms with Gasteiger partial charge in [-0.25, -0.2) is 19.1 Å². The van der Waals surface area contributed by atoms with Gasteiger partial charge in [-0.15, -0.1) is 16.9 Å². The Kier molecular flexibility index (Phi) is 12.7. The zero-order valence-electron chi connectivity index (χ0n) is 26.7. The third-order valence-corrected chi connectivity index (χ3v) is 9.51. The summed E-state index contributed by atoms with van der Waals surface area (Å²) < 4.78 is 10.7. The summed E-state index contributed by atoms with van der Waals surface area (Å²) in [5.41, 5.74) is 4.85. The van der Waals surface area contributed by atoms with Crippen molar-refractivity contribution in [2.24, 2.45) is 5.16 Å². The number of nitrogens with one attached hydrogen (secondary N) is 2. The molecule has 1 fully saturated rings. The van der Waals surface area contributed by atoms with Crippen LogP contribution in [-0.2, 0) is 35.3 Å². The van der Waals surface area contributed by atoms with Crippen molar-refractivity contribution >= 4 is 75.7 Å². The van der Waals surface area contributed by atoms with E-state index in [1.807, 2.05) is 0 Å². The van der Waals surface area contributed by atoms with E-state index in [2.05, 4.69) is 45.5 Å². The molecule has 2 aliphatic heterocycles. The summed E-state index contributed by atoms with van der Waals surface area (Å²) in [5.74, 6) is -4.01. The summed E-state index contributed by atoms with van der Waals surface area (Å²) >= 11 is 3.27. The van der Waals surface area contributed by atoms with Crippen LogP contribution in [0.5, 0.6) is 0 Å². The van der Waals surface area contributed by atoms with Crippen molar-refractivity contribution < 1.29 is 43.8 Å². The number of ether oxygens (including phenoxy) is 1. The second-order valence-corrected chi connectivity index (χ2v) is 14.3. The summed E-state index contributed by atoms with van der Waals surface area (Å²) in [7, 11) is 0. The molecule has 2 aromatic rings. The number of hydrogen-bond donors (Lipinski definition) is 5. The van der Waals surface area contributed by atoms with Crippen LogP contribution in [0.4, 0.5) is 9.93 Å². The highest BCUT2D eigenvalue weighted by Gasteiger charge is 2.54. The molecule has 23 heteroatoms. The number of β-lactam (4-membered cyclic amide) rings is 1. The molecule has 49 heavy (non-hydrogen) atoms. The van der Waals surface area contributed by atoms with E-state index < -0.39 is 59.2 Å². The maximum absolute atomic E-state index is 13.2. The second-order valence-electron chi connectivity index (χ2n) is 11.5. The Balaban J connectivity index is 1.30. The van der Waals surface area contributed by atoms with E-state index in [0.29, 0.717) is 23.8 Å². The average Bonchev–Trinajstić information content (AvgIpc) is 3.66. The van der Waals surface area contributed by atoms with Crippen molar-refractivity contribution in [2.45, 2.75) is 75.2 Å². The molecule has 0 bridgehead atoms. The number of nitrogen functional groups attached to an aromatic ring is 1. The lowest BCUT2D eigenvalue weighted by atomic mass is 10.0. The molecule has 0 radical (unpaired) electrons. The number of hydrogen-bond acceptors (Lipinski definition) is 17. The Hall–Kier alpha value is -4.51. The molecule has 1 saturated heterocycles. The monoisotopic (exact) mass is 741 g/mol. The zero-order chi connectivity index (χ0) is 35.7. The summed E-state index contributed by atoms with van der Waals surface area (Å²) in [6, 6.07) is -1.11. The number of rotatable bonds is 17. The molecule has 4 heterocycles. The number of aryl methyl sites for hydroxylation is 1. The molecule has 0 aliphatic carbocycles. The fourth-order valence-corrected chi connectivity index (χ4v) is 7.33. The van der Waals surface area contributed by atoms with Gasteiger partial charge < -0.3 is 36.2 Å². The highest BCUT2D eigenvalue weighted by molar-refractivity contribution is 8.01. The molecule has 2 aliphatic rings. The minimum absolute atomic E-state index is 0.0136. The quantitative estimate of drug-likeness (QED) is 0.0486. The van der Waals surface area contributed by atoms with E-state index in [1.54, 1.807) is 25.5 Å². The minimum Gasteiger partial charge on any atom is -0.479 e. The van der Waals surface area contributed by atoms with Gasteiger partial charge in [0.25, 0.3) is 11.8 Å². The summed E-state index contributed by atoms with van der Waals surface area (Å²) in [6.07, 6.45) is 2.87. The molecule has 3 amide bonds. The number of anilines is 1. The largest absolute Gasteiger partial charge is 0.479 e. The maximum atomic E-state index is 13.2. The molecule has 4 rings (SSSR count).